The Bertz CT molecular complexity index is 594. The Labute approximate surface area is 117 Å². The molecule has 0 aliphatic carbocycles. The first-order valence-electron chi connectivity index (χ1n) is 6.33. The van der Waals surface area contributed by atoms with Gasteiger partial charge in [-0.05, 0) is 18.1 Å². The number of aliphatic hydroxyl groups is 1. The molecule has 1 aromatic carbocycles. The van der Waals surface area contributed by atoms with E-state index in [1.165, 1.54) is 0 Å². The fourth-order valence-corrected chi connectivity index (χ4v) is 1.92. The molecular formula is C14H18N4O2. The number of nitrogens with zero attached hydrogens (tertiary/aromatic N) is 2. The Morgan fingerprint density at radius 3 is 2.85 bits per heavy atom. The van der Waals surface area contributed by atoms with Crippen LogP contribution in [0.3, 0.4) is 0 Å². The Hall–Kier alpha value is -2.34. The van der Waals surface area contributed by atoms with Gasteiger partial charge in [-0.25, -0.2) is 4.79 Å². The minimum absolute atomic E-state index is 0.150. The summed E-state index contributed by atoms with van der Waals surface area (Å²) in [6.07, 6.45) is 2.52. The number of benzene rings is 1. The summed E-state index contributed by atoms with van der Waals surface area (Å²) < 4.78 is 1.60. The summed E-state index contributed by atoms with van der Waals surface area (Å²) >= 11 is 0. The van der Waals surface area contributed by atoms with Gasteiger partial charge in [-0.3, -0.25) is 4.68 Å². The lowest BCUT2D eigenvalue weighted by Crippen LogP contribution is -2.32. The molecule has 0 aliphatic heterocycles. The van der Waals surface area contributed by atoms with Crippen molar-refractivity contribution in [2.45, 2.75) is 13.0 Å². The van der Waals surface area contributed by atoms with E-state index in [2.05, 4.69) is 15.7 Å². The second-order valence-corrected chi connectivity index (χ2v) is 4.61. The summed E-state index contributed by atoms with van der Waals surface area (Å²) in [6, 6.07) is 7.18. The van der Waals surface area contributed by atoms with Gasteiger partial charge in [-0.2, -0.15) is 5.10 Å². The lowest BCUT2D eigenvalue weighted by molar-refractivity contribution is 0.174. The van der Waals surface area contributed by atoms with Crippen molar-refractivity contribution in [1.29, 1.82) is 0 Å². The second kappa shape index (κ2) is 6.21. The minimum Gasteiger partial charge on any atom is -0.387 e. The van der Waals surface area contributed by atoms with E-state index in [0.717, 1.165) is 11.1 Å². The number of amides is 2. The molecule has 1 heterocycles. The van der Waals surface area contributed by atoms with Crippen LogP contribution in [0.1, 0.15) is 17.2 Å². The first-order valence-corrected chi connectivity index (χ1v) is 6.33. The third-order valence-electron chi connectivity index (χ3n) is 2.97. The molecule has 1 atom stereocenters. The van der Waals surface area contributed by atoms with Crippen molar-refractivity contribution in [2.24, 2.45) is 7.05 Å². The highest BCUT2D eigenvalue weighted by Gasteiger charge is 2.11. The van der Waals surface area contributed by atoms with Crippen LogP contribution in [0.5, 0.6) is 0 Å². The molecular weight excluding hydrogens is 256 g/mol. The molecule has 6 nitrogen and oxygen atoms in total. The predicted octanol–water partition coefficient (Wildman–Crippen LogP) is 1.58. The van der Waals surface area contributed by atoms with E-state index in [1.807, 2.05) is 31.2 Å². The van der Waals surface area contributed by atoms with Gasteiger partial charge >= 0.3 is 6.03 Å². The summed E-state index contributed by atoms with van der Waals surface area (Å²) in [5, 5.41) is 19.3. The number of hydrogen-bond donors (Lipinski definition) is 3. The van der Waals surface area contributed by atoms with Crippen LogP contribution in [0.15, 0.2) is 36.7 Å². The highest BCUT2D eigenvalue weighted by Crippen LogP contribution is 2.16. The monoisotopic (exact) mass is 274 g/mol. The zero-order valence-electron chi connectivity index (χ0n) is 11.5. The van der Waals surface area contributed by atoms with Gasteiger partial charge in [0.25, 0.3) is 0 Å². The number of rotatable bonds is 4. The van der Waals surface area contributed by atoms with Crippen molar-refractivity contribution in [1.82, 2.24) is 15.1 Å². The van der Waals surface area contributed by atoms with Crippen LogP contribution in [0.25, 0.3) is 0 Å². The summed E-state index contributed by atoms with van der Waals surface area (Å²) in [7, 11) is 1.77. The third-order valence-corrected chi connectivity index (χ3v) is 2.97. The van der Waals surface area contributed by atoms with Gasteiger partial charge < -0.3 is 15.7 Å². The van der Waals surface area contributed by atoms with Gasteiger partial charge in [0.05, 0.1) is 18.0 Å². The molecule has 1 unspecified atom stereocenters. The van der Waals surface area contributed by atoms with Gasteiger partial charge in [0.2, 0.25) is 0 Å². The van der Waals surface area contributed by atoms with Crippen molar-refractivity contribution < 1.29 is 9.90 Å². The summed E-state index contributed by atoms with van der Waals surface area (Å²) in [5.74, 6) is 0. The van der Waals surface area contributed by atoms with Crippen LogP contribution in [0.2, 0.25) is 0 Å². The smallest absolute Gasteiger partial charge is 0.319 e. The van der Waals surface area contributed by atoms with Crippen molar-refractivity contribution in [2.75, 3.05) is 11.9 Å². The summed E-state index contributed by atoms with van der Waals surface area (Å²) in [5.41, 5.74) is 2.42. The van der Waals surface area contributed by atoms with E-state index >= 15 is 0 Å². The average molecular weight is 274 g/mol. The Kier molecular flexibility index (Phi) is 4.37. The zero-order valence-corrected chi connectivity index (χ0v) is 11.5. The second-order valence-electron chi connectivity index (χ2n) is 4.61. The van der Waals surface area contributed by atoms with Crippen molar-refractivity contribution in [3.8, 4) is 0 Å². The summed E-state index contributed by atoms with van der Waals surface area (Å²) in [4.78, 5) is 11.7. The van der Waals surface area contributed by atoms with E-state index < -0.39 is 6.10 Å². The number of nitrogens with one attached hydrogen (secondary N) is 2. The number of aryl methyl sites for hydroxylation is 2. The van der Waals surface area contributed by atoms with Crippen LogP contribution in [-0.4, -0.2) is 27.5 Å². The fraction of sp³-hybridized carbons (Fsp3) is 0.286. The topological polar surface area (TPSA) is 79.2 Å². The van der Waals surface area contributed by atoms with E-state index in [9.17, 15) is 9.90 Å². The Morgan fingerprint density at radius 1 is 1.45 bits per heavy atom. The largest absolute Gasteiger partial charge is 0.387 e. The molecule has 1 aromatic heterocycles. The average Bonchev–Trinajstić information content (AvgIpc) is 2.82. The van der Waals surface area contributed by atoms with E-state index in [4.69, 9.17) is 0 Å². The fourth-order valence-electron chi connectivity index (χ4n) is 1.92. The van der Waals surface area contributed by atoms with Crippen molar-refractivity contribution in [3.05, 3.63) is 47.8 Å². The van der Waals surface area contributed by atoms with Crippen molar-refractivity contribution in [3.63, 3.8) is 0 Å². The van der Waals surface area contributed by atoms with Gasteiger partial charge in [-0.15, -0.1) is 0 Å². The number of urea groups is 1. The minimum atomic E-state index is -0.726. The molecule has 2 amide bonds. The molecule has 2 aromatic rings. The number of aromatic nitrogens is 2. The predicted molar refractivity (Wildman–Crippen MR) is 76.4 cm³/mol. The first kappa shape index (κ1) is 14.1. The maximum Gasteiger partial charge on any atom is 0.319 e. The molecule has 0 saturated heterocycles. The molecule has 6 heteroatoms. The van der Waals surface area contributed by atoms with E-state index in [0.29, 0.717) is 5.69 Å². The molecule has 0 fully saturated rings. The van der Waals surface area contributed by atoms with Crippen LogP contribution < -0.4 is 10.6 Å². The molecule has 0 saturated carbocycles. The van der Waals surface area contributed by atoms with Gasteiger partial charge in [0, 0.05) is 19.8 Å². The Morgan fingerprint density at radius 2 is 2.20 bits per heavy atom. The molecule has 106 valence electrons. The number of carbonyl (C=O) groups excluding carboxylic acids is 1. The normalized spacial score (nSPS) is 11.9. The van der Waals surface area contributed by atoms with Crippen LogP contribution in [0, 0.1) is 6.92 Å². The lowest BCUT2D eigenvalue weighted by Gasteiger charge is -2.14. The molecule has 20 heavy (non-hydrogen) atoms. The number of anilines is 1. The quantitative estimate of drug-likeness (QED) is 0.792. The molecule has 0 spiro atoms. The molecule has 3 N–H and O–H groups in total. The standard InChI is InChI=1S/C14H18N4O2/c1-10-5-3-4-6-12(10)13(19)8-15-14(20)17-11-7-16-18(2)9-11/h3-7,9,13,19H,8H2,1-2H3,(H2,15,17,20). The molecule has 0 bridgehead atoms. The lowest BCUT2D eigenvalue weighted by atomic mass is 10.0. The number of aliphatic hydroxyl groups excluding tert-OH is 1. The van der Waals surface area contributed by atoms with Crippen molar-refractivity contribution >= 4 is 11.7 Å². The van der Waals surface area contributed by atoms with Crippen LogP contribution in [0.4, 0.5) is 10.5 Å². The molecule has 2 rings (SSSR count). The van der Waals surface area contributed by atoms with E-state index in [1.54, 1.807) is 24.1 Å². The first-order chi connectivity index (χ1) is 9.56. The van der Waals surface area contributed by atoms with Crippen LogP contribution >= 0.6 is 0 Å². The molecule has 0 radical (unpaired) electrons. The highest BCUT2D eigenvalue weighted by atomic mass is 16.3. The van der Waals surface area contributed by atoms with Gasteiger partial charge in [0.1, 0.15) is 0 Å². The zero-order chi connectivity index (χ0) is 14.5. The molecule has 0 aliphatic rings. The number of carbonyl (C=O) groups is 1. The van der Waals surface area contributed by atoms with Crippen LogP contribution in [-0.2, 0) is 7.05 Å². The maximum absolute atomic E-state index is 11.7. The maximum atomic E-state index is 11.7. The summed E-state index contributed by atoms with van der Waals surface area (Å²) in [6.45, 7) is 2.07. The van der Waals surface area contributed by atoms with Gasteiger partial charge in [0.15, 0.2) is 0 Å². The third kappa shape index (κ3) is 3.58. The van der Waals surface area contributed by atoms with Gasteiger partial charge in [-0.1, -0.05) is 24.3 Å². The SMILES string of the molecule is Cc1ccccc1C(O)CNC(=O)Nc1cnn(C)c1. The number of hydrogen-bond acceptors (Lipinski definition) is 3. The van der Waals surface area contributed by atoms with E-state index in [-0.39, 0.29) is 12.6 Å². The Balaban J connectivity index is 1.85. The highest BCUT2D eigenvalue weighted by molar-refractivity contribution is 5.88.